The highest BCUT2D eigenvalue weighted by Gasteiger charge is 2.48. The molecule has 0 saturated carbocycles. The number of aliphatic hydroxyl groups excluding tert-OH is 3. The standard InChI is InChI=1S/C22H20O10/c23-15(31-22-19(27)17(25)18(26)20(32-22)21(28)29)8-10-5-6-14-13(7-10)16(24)12-4-2-1-3-11(12)9-30-14/h1-7,17-20,22,25-27H,8-9H2,(H,28,29)/t17-,18-,19+,20-,22+/m0/s1. The summed E-state index contributed by atoms with van der Waals surface area (Å²) in [4.78, 5) is 36.5. The minimum absolute atomic E-state index is 0.228. The lowest BCUT2D eigenvalue weighted by atomic mass is 9.97. The van der Waals surface area contributed by atoms with Crippen LogP contribution in [-0.4, -0.2) is 68.9 Å². The van der Waals surface area contributed by atoms with Gasteiger partial charge in [-0.1, -0.05) is 30.3 Å². The van der Waals surface area contributed by atoms with E-state index in [2.05, 4.69) is 0 Å². The number of carboxylic acid groups (broad SMARTS) is 1. The summed E-state index contributed by atoms with van der Waals surface area (Å²) in [6.45, 7) is 0.228. The number of ether oxygens (including phenoxy) is 3. The maximum Gasteiger partial charge on any atom is 0.335 e. The lowest BCUT2D eigenvalue weighted by molar-refractivity contribution is -0.286. The molecule has 2 heterocycles. The number of carboxylic acids is 1. The van der Waals surface area contributed by atoms with Crippen LogP contribution < -0.4 is 4.74 Å². The van der Waals surface area contributed by atoms with E-state index in [0.717, 1.165) is 5.56 Å². The second-order valence-electron chi connectivity index (χ2n) is 7.51. The molecule has 0 aliphatic carbocycles. The molecule has 0 radical (unpaired) electrons. The average Bonchev–Trinajstić information content (AvgIpc) is 2.91. The van der Waals surface area contributed by atoms with Gasteiger partial charge in [0.05, 0.1) is 12.0 Å². The highest BCUT2D eigenvalue weighted by Crippen LogP contribution is 2.30. The second-order valence-corrected chi connectivity index (χ2v) is 7.51. The third kappa shape index (κ3) is 4.08. The summed E-state index contributed by atoms with van der Waals surface area (Å²) in [5.41, 5.74) is 1.92. The number of aliphatic carboxylic acids is 1. The molecular formula is C22H20O10. The molecule has 4 N–H and O–H groups in total. The number of hydrogen-bond donors (Lipinski definition) is 4. The van der Waals surface area contributed by atoms with E-state index in [4.69, 9.17) is 19.3 Å². The Kier molecular flexibility index (Phi) is 5.94. The van der Waals surface area contributed by atoms with Crippen molar-refractivity contribution in [2.45, 2.75) is 43.7 Å². The molecule has 0 spiro atoms. The van der Waals surface area contributed by atoms with Crippen molar-refractivity contribution in [1.29, 1.82) is 0 Å². The number of rotatable bonds is 4. The molecule has 2 aromatic carbocycles. The first kappa shape index (κ1) is 21.9. The largest absolute Gasteiger partial charge is 0.488 e. The molecule has 4 rings (SSSR count). The van der Waals surface area contributed by atoms with Gasteiger partial charge in [0, 0.05) is 11.1 Å². The van der Waals surface area contributed by atoms with Gasteiger partial charge >= 0.3 is 11.9 Å². The van der Waals surface area contributed by atoms with E-state index in [0.29, 0.717) is 16.9 Å². The molecule has 10 heteroatoms. The number of esters is 1. The van der Waals surface area contributed by atoms with Crippen LogP contribution in [0.5, 0.6) is 5.75 Å². The number of carbonyl (C=O) groups is 3. The Labute approximate surface area is 181 Å². The van der Waals surface area contributed by atoms with Crippen molar-refractivity contribution >= 4 is 17.7 Å². The quantitative estimate of drug-likeness (QED) is 0.465. The second kappa shape index (κ2) is 8.67. The van der Waals surface area contributed by atoms with Gasteiger partial charge in [-0.25, -0.2) is 4.79 Å². The minimum Gasteiger partial charge on any atom is -0.488 e. The molecule has 0 amide bonds. The fourth-order valence-electron chi connectivity index (χ4n) is 3.65. The lowest BCUT2D eigenvalue weighted by Crippen LogP contribution is -2.60. The Hall–Kier alpha value is -3.31. The topological polar surface area (TPSA) is 160 Å². The Morgan fingerprint density at radius 3 is 2.50 bits per heavy atom. The van der Waals surface area contributed by atoms with Crippen LogP contribution >= 0.6 is 0 Å². The van der Waals surface area contributed by atoms with Crippen molar-refractivity contribution in [1.82, 2.24) is 0 Å². The average molecular weight is 444 g/mol. The normalized spacial score (nSPS) is 26.8. The number of aliphatic hydroxyl groups is 3. The van der Waals surface area contributed by atoms with Crippen molar-refractivity contribution in [2.24, 2.45) is 0 Å². The predicted octanol–water partition coefficient (Wildman–Crippen LogP) is -0.212. The van der Waals surface area contributed by atoms with E-state index in [1.807, 2.05) is 0 Å². The molecule has 1 fully saturated rings. The third-order valence-corrected chi connectivity index (χ3v) is 5.34. The van der Waals surface area contributed by atoms with Gasteiger partial charge < -0.3 is 34.6 Å². The van der Waals surface area contributed by atoms with Gasteiger partial charge in [-0.05, 0) is 17.7 Å². The van der Waals surface area contributed by atoms with E-state index in [9.17, 15) is 29.7 Å². The van der Waals surface area contributed by atoms with Crippen LogP contribution in [0, 0.1) is 0 Å². The Balaban J connectivity index is 1.49. The number of carbonyl (C=O) groups excluding carboxylic acids is 2. The summed E-state index contributed by atoms with van der Waals surface area (Å²) < 4.78 is 15.6. The lowest BCUT2D eigenvalue weighted by Gasteiger charge is -2.37. The number of ketones is 1. The summed E-state index contributed by atoms with van der Waals surface area (Å²) in [6, 6.07) is 11.7. The molecular weight excluding hydrogens is 424 g/mol. The first-order valence-electron chi connectivity index (χ1n) is 9.76. The molecule has 1 saturated heterocycles. The first-order valence-corrected chi connectivity index (χ1v) is 9.76. The first-order chi connectivity index (χ1) is 15.3. The molecule has 0 bridgehead atoms. The molecule has 10 nitrogen and oxygen atoms in total. The summed E-state index contributed by atoms with van der Waals surface area (Å²) in [6.07, 6.45) is -9.62. The van der Waals surface area contributed by atoms with E-state index in [1.165, 1.54) is 6.07 Å². The Morgan fingerprint density at radius 2 is 1.75 bits per heavy atom. The van der Waals surface area contributed by atoms with Gasteiger partial charge in [-0.3, -0.25) is 9.59 Å². The number of fused-ring (bicyclic) bond motifs is 2. The van der Waals surface area contributed by atoms with Crippen LogP contribution in [-0.2, 0) is 32.1 Å². The van der Waals surface area contributed by atoms with E-state index in [1.54, 1.807) is 36.4 Å². The Morgan fingerprint density at radius 1 is 1.00 bits per heavy atom. The van der Waals surface area contributed by atoms with E-state index >= 15 is 0 Å². The molecule has 2 aliphatic rings. The molecule has 32 heavy (non-hydrogen) atoms. The monoisotopic (exact) mass is 444 g/mol. The van der Waals surface area contributed by atoms with Gasteiger partial charge in [-0.15, -0.1) is 0 Å². The number of hydrogen-bond acceptors (Lipinski definition) is 9. The summed E-state index contributed by atoms with van der Waals surface area (Å²) in [5.74, 6) is -2.37. The molecule has 0 aromatic heterocycles. The highest BCUT2D eigenvalue weighted by atomic mass is 16.7. The fourth-order valence-corrected chi connectivity index (χ4v) is 3.65. The van der Waals surface area contributed by atoms with Gasteiger partial charge in [0.2, 0.25) is 6.29 Å². The van der Waals surface area contributed by atoms with Gasteiger partial charge in [0.15, 0.2) is 11.9 Å². The molecule has 0 unspecified atom stereocenters. The van der Waals surface area contributed by atoms with Crippen molar-refractivity contribution < 1.29 is 49.0 Å². The smallest absolute Gasteiger partial charge is 0.335 e. The maximum absolute atomic E-state index is 12.9. The van der Waals surface area contributed by atoms with Gasteiger partial charge in [0.1, 0.15) is 30.7 Å². The molecule has 2 aromatic rings. The van der Waals surface area contributed by atoms with Crippen molar-refractivity contribution in [3.63, 3.8) is 0 Å². The molecule has 5 atom stereocenters. The van der Waals surface area contributed by atoms with Crippen LogP contribution in [0.3, 0.4) is 0 Å². The molecule has 168 valence electrons. The highest BCUT2D eigenvalue weighted by molar-refractivity contribution is 6.12. The zero-order valence-corrected chi connectivity index (χ0v) is 16.6. The van der Waals surface area contributed by atoms with Crippen LogP contribution in [0.1, 0.15) is 27.0 Å². The minimum atomic E-state index is -1.89. The van der Waals surface area contributed by atoms with Crippen LogP contribution in [0.25, 0.3) is 0 Å². The SMILES string of the molecule is O=C(Cc1ccc2c(c1)C(=O)c1ccccc1CO2)O[C@@H]1O[C@H](C(=O)O)[C@@H](O)[C@H](O)[C@H]1O. The van der Waals surface area contributed by atoms with Gasteiger partial charge in [0.25, 0.3) is 0 Å². The predicted molar refractivity (Wildman–Crippen MR) is 105 cm³/mol. The van der Waals surface area contributed by atoms with Gasteiger partial charge in [-0.2, -0.15) is 0 Å². The van der Waals surface area contributed by atoms with Crippen LogP contribution in [0.15, 0.2) is 42.5 Å². The zero-order valence-electron chi connectivity index (χ0n) is 16.6. The van der Waals surface area contributed by atoms with Crippen molar-refractivity contribution in [3.8, 4) is 5.75 Å². The van der Waals surface area contributed by atoms with Crippen molar-refractivity contribution in [2.75, 3.05) is 0 Å². The Bertz CT molecular complexity index is 1060. The summed E-state index contributed by atoms with van der Waals surface area (Å²) in [7, 11) is 0. The number of benzene rings is 2. The maximum atomic E-state index is 12.9. The summed E-state index contributed by atoms with van der Waals surface area (Å²) in [5, 5.41) is 38.6. The fraction of sp³-hybridized carbons (Fsp3) is 0.318. The van der Waals surface area contributed by atoms with E-state index < -0.39 is 42.6 Å². The van der Waals surface area contributed by atoms with Crippen LogP contribution in [0.4, 0.5) is 0 Å². The third-order valence-electron chi connectivity index (χ3n) is 5.34. The molecule has 2 aliphatic heterocycles. The zero-order chi connectivity index (χ0) is 23.0. The van der Waals surface area contributed by atoms with Crippen molar-refractivity contribution in [3.05, 3.63) is 64.7 Å². The van der Waals surface area contributed by atoms with Crippen LogP contribution in [0.2, 0.25) is 0 Å². The summed E-state index contributed by atoms with van der Waals surface area (Å²) >= 11 is 0. The van der Waals surface area contributed by atoms with E-state index in [-0.39, 0.29) is 24.4 Å².